The van der Waals surface area contributed by atoms with E-state index in [-0.39, 0.29) is 0 Å². The Hall–Kier alpha value is -8.08. The zero-order valence-electron chi connectivity index (χ0n) is 35.6. The van der Waals surface area contributed by atoms with Crippen LogP contribution in [0, 0.1) is 0 Å². The standard InChI is InChI=1S/C60H46N4/c1-5-17-45(18-6-1)61(51-37-39-59-55(41-51)53-25-13-15-27-57(53)63(59)47-21-9-3-10-22-47)49-33-29-43(30-34-49)44-31-35-50(36-32-44)62(46-19-7-2-8-20-46)52-38-40-60-56(42-52)54-26-14-16-28-58(54)64(60)48-23-11-4-12-24-48/h1-11,13-23,25-31,33-35,37-42H,12,24,32,36H2. The maximum Gasteiger partial charge on any atom is 0.0542 e. The van der Waals surface area contributed by atoms with Crippen LogP contribution in [-0.2, 0) is 0 Å². The van der Waals surface area contributed by atoms with Gasteiger partial charge in [0.1, 0.15) is 0 Å². The molecule has 0 atom stereocenters. The maximum absolute atomic E-state index is 2.47. The van der Waals surface area contributed by atoms with Crippen LogP contribution in [0.5, 0.6) is 0 Å². The SMILES string of the molecule is C1=CCCC(n2c3ccccc3c3cc(N(C4=CC=C(c5ccc(N(c6ccccc6)c6ccc7c(c6)c6ccccc6n7-c6ccccc6)cc5)CC4)c4ccccc4)ccc32)=C1. The molecule has 12 rings (SSSR count). The zero-order chi connectivity index (χ0) is 42.4. The molecule has 0 bridgehead atoms. The third-order valence-electron chi connectivity index (χ3n) is 13.1. The summed E-state index contributed by atoms with van der Waals surface area (Å²) in [4.78, 5) is 4.83. The quantitative estimate of drug-likeness (QED) is 0.144. The molecule has 0 spiro atoms. The first-order chi connectivity index (χ1) is 31.8. The first-order valence-corrected chi connectivity index (χ1v) is 22.5. The van der Waals surface area contributed by atoms with Gasteiger partial charge in [0.05, 0.1) is 22.1 Å². The van der Waals surface area contributed by atoms with Crippen molar-refractivity contribution < 1.29 is 0 Å². The Bertz CT molecular complexity index is 3480. The van der Waals surface area contributed by atoms with Gasteiger partial charge in [-0.2, -0.15) is 0 Å². The fraction of sp³-hybridized carbons (Fsp3) is 0.0667. The maximum atomic E-state index is 2.47. The minimum atomic E-state index is 0.925. The minimum Gasteiger partial charge on any atom is -0.314 e. The van der Waals surface area contributed by atoms with Crippen LogP contribution in [-0.4, -0.2) is 9.13 Å². The van der Waals surface area contributed by atoms with Crippen LogP contribution in [0.2, 0.25) is 0 Å². The van der Waals surface area contributed by atoms with Gasteiger partial charge in [-0.15, -0.1) is 0 Å². The lowest BCUT2D eigenvalue weighted by atomic mass is 9.94. The molecule has 0 amide bonds. The van der Waals surface area contributed by atoms with Gasteiger partial charge in [0.2, 0.25) is 0 Å². The summed E-state index contributed by atoms with van der Waals surface area (Å²) in [5, 5.41) is 5.04. The number of para-hydroxylation sites is 5. The second-order valence-corrected chi connectivity index (χ2v) is 16.8. The van der Waals surface area contributed by atoms with Gasteiger partial charge in [-0.3, -0.25) is 0 Å². The summed E-state index contributed by atoms with van der Waals surface area (Å²) in [6.07, 6.45) is 15.4. The number of hydrogen-bond donors (Lipinski definition) is 0. The van der Waals surface area contributed by atoms with Gasteiger partial charge < -0.3 is 18.9 Å². The largest absolute Gasteiger partial charge is 0.314 e. The molecule has 4 heteroatoms. The highest BCUT2D eigenvalue weighted by Gasteiger charge is 2.22. The van der Waals surface area contributed by atoms with Crippen LogP contribution in [0.3, 0.4) is 0 Å². The Morgan fingerprint density at radius 1 is 0.359 bits per heavy atom. The second-order valence-electron chi connectivity index (χ2n) is 16.8. The lowest BCUT2D eigenvalue weighted by Gasteiger charge is -2.30. The molecule has 2 aromatic heterocycles. The number of anilines is 5. The average molecular weight is 823 g/mol. The van der Waals surface area contributed by atoms with E-state index in [0.717, 1.165) is 48.4 Å². The van der Waals surface area contributed by atoms with E-state index in [0.29, 0.717) is 0 Å². The van der Waals surface area contributed by atoms with Crippen molar-refractivity contribution in [3.05, 3.63) is 242 Å². The van der Waals surface area contributed by atoms with E-state index in [2.05, 4.69) is 250 Å². The van der Waals surface area contributed by atoms with E-state index in [1.807, 2.05) is 0 Å². The molecule has 8 aromatic carbocycles. The molecule has 0 saturated carbocycles. The lowest BCUT2D eigenvalue weighted by Crippen LogP contribution is -2.17. The predicted octanol–water partition coefficient (Wildman–Crippen LogP) is 16.5. The molecular formula is C60H46N4. The van der Waals surface area contributed by atoms with Crippen LogP contribution >= 0.6 is 0 Å². The van der Waals surface area contributed by atoms with Gasteiger partial charge in [0.25, 0.3) is 0 Å². The molecule has 0 saturated heterocycles. The van der Waals surface area contributed by atoms with Crippen molar-refractivity contribution in [2.75, 3.05) is 9.80 Å². The van der Waals surface area contributed by atoms with Crippen LogP contribution in [0.15, 0.2) is 236 Å². The summed E-state index contributed by atoms with van der Waals surface area (Å²) < 4.78 is 4.84. The normalized spacial score (nSPS) is 13.9. The second kappa shape index (κ2) is 16.0. The molecule has 0 radical (unpaired) electrons. The molecule has 0 fully saturated rings. The van der Waals surface area contributed by atoms with Gasteiger partial charge >= 0.3 is 0 Å². The summed E-state index contributed by atoms with van der Waals surface area (Å²) in [6, 6.07) is 72.9. The number of aromatic nitrogens is 2. The number of nitrogens with zero attached hydrogens (tertiary/aromatic N) is 4. The van der Waals surface area contributed by atoms with Gasteiger partial charge in [0.15, 0.2) is 0 Å². The highest BCUT2D eigenvalue weighted by molar-refractivity contribution is 6.12. The smallest absolute Gasteiger partial charge is 0.0542 e. The van der Waals surface area contributed by atoms with E-state index in [9.17, 15) is 0 Å². The summed E-state index contributed by atoms with van der Waals surface area (Å²) in [5.74, 6) is 0. The van der Waals surface area contributed by atoms with E-state index < -0.39 is 0 Å². The van der Waals surface area contributed by atoms with Crippen molar-refractivity contribution in [1.82, 2.24) is 9.13 Å². The van der Waals surface area contributed by atoms with E-state index in [1.165, 1.54) is 77.5 Å². The monoisotopic (exact) mass is 822 g/mol. The molecular weight excluding hydrogens is 777 g/mol. The Kier molecular flexibility index (Phi) is 9.41. The fourth-order valence-corrected chi connectivity index (χ4v) is 10.1. The predicted molar refractivity (Wildman–Crippen MR) is 271 cm³/mol. The Balaban J connectivity index is 0.895. The van der Waals surface area contributed by atoms with Crippen LogP contribution in [0.4, 0.5) is 28.4 Å². The first kappa shape index (κ1) is 37.7. The molecule has 0 N–H and O–H groups in total. The highest BCUT2D eigenvalue weighted by Crippen LogP contribution is 2.43. The van der Waals surface area contributed by atoms with Crippen LogP contribution < -0.4 is 9.80 Å². The Morgan fingerprint density at radius 2 is 0.875 bits per heavy atom. The zero-order valence-corrected chi connectivity index (χ0v) is 35.6. The Labute approximate surface area is 373 Å². The van der Waals surface area contributed by atoms with Gasteiger partial charge in [-0.25, -0.2) is 0 Å². The third kappa shape index (κ3) is 6.54. The van der Waals surface area contributed by atoms with Crippen molar-refractivity contribution in [2.24, 2.45) is 0 Å². The Morgan fingerprint density at radius 3 is 1.48 bits per heavy atom. The minimum absolute atomic E-state index is 0.925. The molecule has 0 unspecified atom stereocenters. The number of fused-ring (bicyclic) bond motifs is 6. The molecule has 2 aliphatic carbocycles. The summed E-state index contributed by atoms with van der Waals surface area (Å²) in [7, 11) is 0. The highest BCUT2D eigenvalue weighted by atomic mass is 15.2. The molecule has 0 aliphatic heterocycles. The van der Waals surface area contributed by atoms with Crippen molar-refractivity contribution >= 4 is 83.3 Å². The number of allylic oxidation sites excluding steroid dienone is 8. The van der Waals surface area contributed by atoms with Gasteiger partial charge in [-0.05, 0) is 146 Å². The third-order valence-corrected chi connectivity index (χ3v) is 13.1. The number of hydrogen-bond acceptors (Lipinski definition) is 2. The van der Waals surface area contributed by atoms with E-state index in [4.69, 9.17) is 0 Å². The molecule has 4 nitrogen and oxygen atoms in total. The van der Waals surface area contributed by atoms with E-state index in [1.54, 1.807) is 0 Å². The number of benzene rings is 8. The van der Waals surface area contributed by atoms with Crippen molar-refractivity contribution in [3.8, 4) is 5.69 Å². The molecule has 10 aromatic rings. The fourth-order valence-electron chi connectivity index (χ4n) is 10.1. The van der Waals surface area contributed by atoms with Gasteiger partial charge in [0, 0.05) is 67.1 Å². The van der Waals surface area contributed by atoms with Crippen molar-refractivity contribution in [3.63, 3.8) is 0 Å². The van der Waals surface area contributed by atoms with Crippen LogP contribution in [0.1, 0.15) is 31.2 Å². The summed E-state index contributed by atoms with van der Waals surface area (Å²) in [6.45, 7) is 0. The number of rotatable bonds is 9. The van der Waals surface area contributed by atoms with Crippen molar-refractivity contribution in [1.29, 1.82) is 0 Å². The summed E-state index contributed by atoms with van der Waals surface area (Å²) >= 11 is 0. The van der Waals surface area contributed by atoms with E-state index >= 15 is 0 Å². The van der Waals surface area contributed by atoms with Crippen LogP contribution in [0.25, 0.3) is 60.6 Å². The topological polar surface area (TPSA) is 16.3 Å². The summed E-state index contributed by atoms with van der Waals surface area (Å²) in [5.41, 5.74) is 17.0. The van der Waals surface area contributed by atoms with Gasteiger partial charge in [-0.1, -0.05) is 121 Å². The molecule has 64 heavy (non-hydrogen) atoms. The average Bonchev–Trinajstić information content (AvgIpc) is 3.88. The van der Waals surface area contributed by atoms with Crippen molar-refractivity contribution in [2.45, 2.75) is 25.7 Å². The first-order valence-electron chi connectivity index (χ1n) is 22.5. The molecule has 306 valence electrons. The molecule has 2 heterocycles. The molecule has 2 aliphatic rings. The lowest BCUT2D eigenvalue weighted by molar-refractivity contribution is 0.930.